The molecule has 5 nitrogen and oxygen atoms in total. The molecule has 2 aromatic rings. The van der Waals surface area contributed by atoms with Crippen molar-refractivity contribution in [3.63, 3.8) is 0 Å². The van der Waals surface area contributed by atoms with Gasteiger partial charge in [0.2, 0.25) is 0 Å². The van der Waals surface area contributed by atoms with Crippen LogP contribution in [0.1, 0.15) is 29.6 Å². The van der Waals surface area contributed by atoms with E-state index in [4.69, 9.17) is 4.42 Å². The predicted octanol–water partition coefficient (Wildman–Crippen LogP) is 2.52. The largest absolute Gasteiger partial charge is 0.441 e. The first-order valence-corrected chi connectivity index (χ1v) is 7.65. The van der Waals surface area contributed by atoms with E-state index in [1.165, 1.54) is 5.57 Å². The SMILES string of the molecule is CC1=CCN(CCNC(=O)c2ccc3nc(C)oc3c2)CC1. The number of hydrogen-bond acceptors (Lipinski definition) is 4. The number of benzene rings is 1. The van der Waals surface area contributed by atoms with Gasteiger partial charge >= 0.3 is 0 Å². The van der Waals surface area contributed by atoms with Gasteiger partial charge in [0.25, 0.3) is 5.91 Å². The van der Waals surface area contributed by atoms with Crippen molar-refractivity contribution in [2.24, 2.45) is 0 Å². The smallest absolute Gasteiger partial charge is 0.251 e. The number of oxazole rings is 1. The molecule has 116 valence electrons. The first-order valence-electron chi connectivity index (χ1n) is 7.65. The molecule has 0 spiro atoms. The number of fused-ring (bicyclic) bond motifs is 1. The Bertz CT molecular complexity index is 718. The standard InChI is InChI=1S/C17H21N3O2/c1-12-5-8-20(9-6-12)10-7-18-17(21)14-3-4-15-16(11-14)22-13(2)19-15/h3-5,11H,6-10H2,1-2H3,(H,18,21). The third-order valence-electron chi connectivity index (χ3n) is 3.99. The van der Waals surface area contributed by atoms with Crippen molar-refractivity contribution in [1.82, 2.24) is 15.2 Å². The second-order valence-electron chi connectivity index (χ2n) is 5.77. The van der Waals surface area contributed by atoms with E-state index >= 15 is 0 Å². The summed E-state index contributed by atoms with van der Waals surface area (Å²) in [5.41, 5.74) is 3.50. The first-order chi connectivity index (χ1) is 10.6. The molecular weight excluding hydrogens is 278 g/mol. The molecule has 3 rings (SSSR count). The Balaban J connectivity index is 1.54. The molecule has 1 aromatic heterocycles. The topological polar surface area (TPSA) is 58.4 Å². The lowest BCUT2D eigenvalue weighted by atomic mass is 10.1. The Labute approximate surface area is 130 Å². The summed E-state index contributed by atoms with van der Waals surface area (Å²) in [6, 6.07) is 5.35. The normalized spacial score (nSPS) is 15.8. The minimum Gasteiger partial charge on any atom is -0.441 e. The summed E-state index contributed by atoms with van der Waals surface area (Å²) in [7, 11) is 0. The maximum absolute atomic E-state index is 12.2. The predicted molar refractivity (Wildman–Crippen MR) is 85.9 cm³/mol. The molecule has 0 unspecified atom stereocenters. The summed E-state index contributed by atoms with van der Waals surface area (Å²) < 4.78 is 5.46. The molecule has 0 saturated carbocycles. The highest BCUT2D eigenvalue weighted by atomic mass is 16.3. The maximum Gasteiger partial charge on any atom is 0.251 e. The molecule has 1 N–H and O–H groups in total. The lowest BCUT2D eigenvalue weighted by molar-refractivity contribution is 0.0949. The van der Waals surface area contributed by atoms with Crippen LogP contribution in [-0.2, 0) is 0 Å². The van der Waals surface area contributed by atoms with Crippen molar-refractivity contribution < 1.29 is 9.21 Å². The van der Waals surface area contributed by atoms with Crippen LogP contribution in [0.2, 0.25) is 0 Å². The van der Waals surface area contributed by atoms with E-state index in [1.54, 1.807) is 19.1 Å². The number of carbonyl (C=O) groups is 1. The van der Waals surface area contributed by atoms with Crippen LogP contribution in [0.3, 0.4) is 0 Å². The molecule has 0 bridgehead atoms. The Hall–Kier alpha value is -2.14. The van der Waals surface area contributed by atoms with E-state index in [0.29, 0.717) is 23.6 Å². The molecule has 0 saturated heterocycles. The van der Waals surface area contributed by atoms with Crippen LogP contribution in [0.15, 0.2) is 34.3 Å². The zero-order chi connectivity index (χ0) is 15.5. The van der Waals surface area contributed by atoms with E-state index < -0.39 is 0 Å². The van der Waals surface area contributed by atoms with Gasteiger partial charge in [0.05, 0.1) is 0 Å². The highest BCUT2D eigenvalue weighted by Gasteiger charge is 2.11. The Morgan fingerprint density at radius 2 is 2.27 bits per heavy atom. The van der Waals surface area contributed by atoms with E-state index in [9.17, 15) is 4.79 Å². The summed E-state index contributed by atoms with van der Waals surface area (Å²) in [4.78, 5) is 18.8. The van der Waals surface area contributed by atoms with Crippen molar-refractivity contribution in [1.29, 1.82) is 0 Å². The molecule has 0 radical (unpaired) electrons. The van der Waals surface area contributed by atoms with E-state index in [1.807, 2.05) is 6.07 Å². The quantitative estimate of drug-likeness (QED) is 0.881. The number of rotatable bonds is 4. The summed E-state index contributed by atoms with van der Waals surface area (Å²) in [6.07, 6.45) is 3.38. The van der Waals surface area contributed by atoms with Gasteiger partial charge in [-0.2, -0.15) is 0 Å². The van der Waals surface area contributed by atoms with Gasteiger partial charge in [-0.3, -0.25) is 9.69 Å². The van der Waals surface area contributed by atoms with Gasteiger partial charge in [-0.1, -0.05) is 11.6 Å². The number of hydrogen-bond donors (Lipinski definition) is 1. The Kier molecular flexibility index (Phi) is 4.24. The number of aromatic nitrogens is 1. The fraction of sp³-hybridized carbons (Fsp3) is 0.412. The van der Waals surface area contributed by atoms with Crippen LogP contribution in [0.4, 0.5) is 0 Å². The first kappa shape index (κ1) is 14.8. The van der Waals surface area contributed by atoms with Crippen molar-refractivity contribution in [2.75, 3.05) is 26.2 Å². The fourth-order valence-electron chi connectivity index (χ4n) is 2.63. The third-order valence-corrected chi connectivity index (χ3v) is 3.99. The molecule has 0 fully saturated rings. The Morgan fingerprint density at radius 3 is 3.05 bits per heavy atom. The second-order valence-corrected chi connectivity index (χ2v) is 5.77. The third kappa shape index (κ3) is 3.36. The molecule has 0 atom stereocenters. The summed E-state index contributed by atoms with van der Waals surface area (Å²) in [5.74, 6) is 0.542. The van der Waals surface area contributed by atoms with Crippen LogP contribution in [0, 0.1) is 6.92 Å². The van der Waals surface area contributed by atoms with E-state index in [0.717, 1.165) is 31.6 Å². The van der Waals surface area contributed by atoms with Gasteiger partial charge in [0.1, 0.15) is 5.52 Å². The highest BCUT2D eigenvalue weighted by Crippen LogP contribution is 2.16. The van der Waals surface area contributed by atoms with Crippen molar-refractivity contribution >= 4 is 17.0 Å². The molecule has 5 heteroatoms. The summed E-state index contributed by atoms with van der Waals surface area (Å²) in [5, 5.41) is 2.97. The molecule has 0 aliphatic carbocycles. The number of amides is 1. The van der Waals surface area contributed by atoms with Crippen molar-refractivity contribution in [3.05, 3.63) is 41.3 Å². The van der Waals surface area contributed by atoms with Crippen molar-refractivity contribution in [3.8, 4) is 0 Å². The maximum atomic E-state index is 12.2. The average molecular weight is 299 g/mol. The lowest BCUT2D eigenvalue weighted by Crippen LogP contribution is -2.37. The minimum absolute atomic E-state index is 0.0697. The van der Waals surface area contributed by atoms with Crippen LogP contribution in [0.5, 0.6) is 0 Å². The zero-order valence-corrected chi connectivity index (χ0v) is 13.1. The number of carbonyl (C=O) groups excluding carboxylic acids is 1. The molecule has 22 heavy (non-hydrogen) atoms. The van der Waals surface area contributed by atoms with Crippen LogP contribution >= 0.6 is 0 Å². The molecule has 1 amide bonds. The lowest BCUT2D eigenvalue weighted by Gasteiger charge is -2.25. The van der Waals surface area contributed by atoms with Gasteiger partial charge in [-0.25, -0.2) is 4.98 Å². The highest BCUT2D eigenvalue weighted by molar-refractivity contribution is 5.96. The van der Waals surface area contributed by atoms with E-state index in [-0.39, 0.29) is 5.91 Å². The van der Waals surface area contributed by atoms with Gasteiger partial charge in [0.15, 0.2) is 11.5 Å². The Morgan fingerprint density at radius 1 is 1.41 bits per heavy atom. The number of nitrogens with zero attached hydrogens (tertiary/aromatic N) is 2. The van der Waals surface area contributed by atoms with Gasteiger partial charge in [-0.05, 0) is 31.5 Å². The number of aryl methyl sites for hydroxylation is 1. The molecular formula is C17H21N3O2. The molecule has 1 aromatic carbocycles. The van der Waals surface area contributed by atoms with Crippen LogP contribution in [0.25, 0.3) is 11.1 Å². The van der Waals surface area contributed by atoms with E-state index in [2.05, 4.69) is 28.2 Å². The zero-order valence-electron chi connectivity index (χ0n) is 13.1. The second kappa shape index (κ2) is 6.32. The van der Waals surface area contributed by atoms with Crippen LogP contribution in [-0.4, -0.2) is 42.0 Å². The molecule has 1 aliphatic rings. The van der Waals surface area contributed by atoms with Crippen molar-refractivity contribution in [2.45, 2.75) is 20.3 Å². The summed E-state index contributed by atoms with van der Waals surface area (Å²) in [6.45, 7) is 7.54. The fourth-order valence-corrected chi connectivity index (χ4v) is 2.63. The van der Waals surface area contributed by atoms with Gasteiger partial charge < -0.3 is 9.73 Å². The molecule has 1 aliphatic heterocycles. The number of nitrogens with one attached hydrogen (secondary N) is 1. The summed E-state index contributed by atoms with van der Waals surface area (Å²) >= 11 is 0. The van der Waals surface area contributed by atoms with Crippen LogP contribution < -0.4 is 5.32 Å². The van der Waals surface area contributed by atoms with Gasteiger partial charge in [-0.15, -0.1) is 0 Å². The van der Waals surface area contributed by atoms with Gasteiger partial charge in [0, 0.05) is 38.7 Å². The average Bonchev–Trinajstić information content (AvgIpc) is 2.88. The monoisotopic (exact) mass is 299 g/mol. The molecule has 2 heterocycles. The minimum atomic E-state index is -0.0697.